The second-order valence-corrected chi connectivity index (χ2v) is 6.49. The third kappa shape index (κ3) is 3.77. The third-order valence-electron chi connectivity index (χ3n) is 3.92. The van der Waals surface area contributed by atoms with E-state index in [1.807, 2.05) is 4.90 Å². The summed E-state index contributed by atoms with van der Waals surface area (Å²) in [5, 5.41) is 12.8. The van der Waals surface area contributed by atoms with Gasteiger partial charge in [0.25, 0.3) is 17.5 Å². The Morgan fingerprint density at radius 3 is 2.48 bits per heavy atom. The molecule has 0 unspecified atom stereocenters. The number of nitro benzene ring substituents is 1. The molecule has 0 saturated carbocycles. The predicted octanol–water partition coefficient (Wildman–Crippen LogP) is 2.33. The summed E-state index contributed by atoms with van der Waals surface area (Å²) in [4.78, 5) is 37.4. The molecule has 0 spiro atoms. The molecule has 2 aromatic rings. The van der Waals surface area contributed by atoms with Crippen molar-refractivity contribution >= 4 is 34.5 Å². The Hall–Kier alpha value is -2.94. The van der Waals surface area contributed by atoms with Crippen molar-refractivity contribution in [3.63, 3.8) is 0 Å². The number of hydrazine groups is 1. The molecule has 0 radical (unpaired) electrons. The summed E-state index contributed by atoms with van der Waals surface area (Å²) in [7, 11) is 0. The number of carbonyl (C=O) groups is 2. The topological polar surface area (TPSA) is 105 Å². The minimum atomic E-state index is -0.587. The Labute approximate surface area is 147 Å². The van der Waals surface area contributed by atoms with Gasteiger partial charge in [0, 0.05) is 25.2 Å². The van der Waals surface area contributed by atoms with Gasteiger partial charge in [-0.2, -0.15) is 0 Å². The lowest BCUT2D eigenvalue weighted by molar-refractivity contribution is -0.384. The summed E-state index contributed by atoms with van der Waals surface area (Å²) >= 11 is 1.25. The normalized spacial score (nSPS) is 13.5. The standard InChI is InChI=1S/C16H16N4O4S/c21-15(17-18-16(22)14-4-3-9-25-14)12-10-11(20(23)24)5-6-13(12)19-7-1-2-8-19/h3-6,9-10H,1-2,7-8H2,(H,17,21)(H,18,22). The van der Waals surface area contributed by atoms with Crippen LogP contribution in [-0.2, 0) is 0 Å². The van der Waals surface area contributed by atoms with Crippen LogP contribution in [0.3, 0.4) is 0 Å². The van der Waals surface area contributed by atoms with E-state index < -0.39 is 16.7 Å². The Morgan fingerprint density at radius 2 is 1.84 bits per heavy atom. The van der Waals surface area contributed by atoms with Gasteiger partial charge < -0.3 is 4.90 Å². The van der Waals surface area contributed by atoms with Gasteiger partial charge in [-0.1, -0.05) is 6.07 Å². The summed E-state index contributed by atoms with van der Waals surface area (Å²) in [6.45, 7) is 1.58. The van der Waals surface area contributed by atoms with E-state index in [0.29, 0.717) is 10.6 Å². The van der Waals surface area contributed by atoms with Gasteiger partial charge in [0.2, 0.25) is 0 Å². The highest BCUT2D eigenvalue weighted by Gasteiger charge is 2.23. The molecule has 1 aliphatic rings. The summed E-state index contributed by atoms with van der Waals surface area (Å²) < 4.78 is 0. The number of amides is 2. The molecule has 1 aromatic heterocycles. The number of hydrogen-bond donors (Lipinski definition) is 2. The van der Waals surface area contributed by atoms with E-state index in [1.54, 1.807) is 23.6 Å². The van der Waals surface area contributed by atoms with Gasteiger partial charge in [0.1, 0.15) is 0 Å². The van der Waals surface area contributed by atoms with Gasteiger partial charge in [-0.05, 0) is 30.4 Å². The number of hydrogen-bond acceptors (Lipinski definition) is 6. The molecular weight excluding hydrogens is 344 g/mol. The Balaban J connectivity index is 1.80. The molecule has 25 heavy (non-hydrogen) atoms. The Morgan fingerprint density at radius 1 is 1.12 bits per heavy atom. The molecule has 1 fully saturated rings. The number of nitrogens with one attached hydrogen (secondary N) is 2. The van der Waals surface area contributed by atoms with Crippen LogP contribution in [0.4, 0.5) is 11.4 Å². The first-order valence-electron chi connectivity index (χ1n) is 7.74. The molecule has 130 valence electrons. The van der Waals surface area contributed by atoms with Gasteiger partial charge >= 0.3 is 0 Å². The van der Waals surface area contributed by atoms with Crippen molar-refractivity contribution in [1.29, 1.82) is 0 Å². The fourth-order valence-electron chi connectivity index (χ4n) is 2.70. The molecule has 0 aliphatic carbocycles. The molecular formula is C16H16N4O4S. The first kappa shape index (κ1) is 16.9. The van der Waals surface area contributed by atoms with Crippen LogP contribution in [0.25, 0.3) is 0 Å². The lowest BCUT2D eigenvalue weighted by Gasteiger charge is -2.20. The van der Waals surface area contributed by atoms with Crippen molar-refractivity contribution in [1.82, 2.24) is 10.9 Å². The molecule has 2 amide bonds. The molecule has 2 N–H and O–H groups in total. The average molecular weight is 360 g/mol. The van der Waals surface area contributed by atoms with Crippen molar-refractivity contribution in [2.75, 3.05) is 18.0 Å². The maximum atomic E-state index is 12.5. The summed E-state index contributed by atoms with van der Waals surface area (Å²) in [6.07, 6.45) is 2.01. The Kier molecular flexibility index (Phi) is 4.94. The molecule has 0 bridgehead atoms. The molecule has 0 atom stereocenters. The lowest BCUT2D eigenvalue weighted by atomic mass is 10.1. The van der Waals surface area contributed by atoms with Gasteiger partial charge in [-0.25, -0.2) is 0 Å². The third-order valence-corrected chi connectivity index (χ3v) is 4.79. The van der Waals surface area contributed by atoms with Crippen LogP contribution in [0.5, 0.6) is 0 Å². The van der Waals surface area contributed by atoms with Crippen LogP contribution in [0.15, 0.2) is 35.7 Å². The van der Waals surface area contributed by atoms with Crippen LogP contribution in [0, 0.1) is 10.1 Å². The SMILES string of the molecule is O=C(NNC(=O)c1cc([N+](=O)[O-])ccc1N1CCCC1)c1cccs1. The van der Waals surface area contributed by atoms with Crippen molar-refractivity contribution in [2.45, 2.75) is 12.8 Å². The average Bonchev–Trinajstić information content (AvgIpc) is 3.32. The van der Waals surface area contributed by atoms with E-state index >= 15 is 0 Å². The smallest absolute Gasteiger partial charge is 0.279 e. The number of nitro groups is 1. The maximum Gasteiger partial charge on any atom is 0.279 e. The highest BCUT2D eigenvalue weighted by atomic mass is 32.1. The van der Waals surface area contributed by atoms with E-state index in [0.717, 1.165) is 25.9 Å². The minimum absolute atomic E-state index is 0.169. The van der Waals surface area contributed by atoms with Crippen LogP contribution in [0.1, 0.15) is 32.9 Å². The highest BCUT2D eigenvalue weighted by Crippen LogP contribution is 2.28. The predicted molar refractivity (Wildman–Crippen MR) is 93.8 cm³/mol. The molecule has 1 aliphatic heterocycles. The molecule has 8 nitrogen and oxygen atoms in total. The zero-order chi connectivity index (χ0) is 17.8. The van der Waals surface area contributed by atoms with Crippen molar-refractivity contribution in [3.05, 3.63) is 56.3 Å². The number of carbonyl (C=O) groups excluding carboxylic acids is 2. The number of benzene rings is 1. The van der Waals surface area contributed by atoms with Crippen LogP contribution in [-0.4, -0.2) is 29.8 Å². The molecule has 3 rings (SSSR count). The maximum absolute atomic E-state index is 12.5. The van der Waals surface area contributed by atoms with E-state index in [-0.39, 0.29) is 11.3 Å². The first-order valence-corrected chi connectivity index (χ1v) is 8.62. The van der Waals surface area contributed by atoms with E-state index in [9.17, 15) is 19.7 Å². The molecule has 2 heterocycles. The fraction of sp³-hybridized carbons (Fsp3) is 0.250. The number of anilines is 1. The van der Waals surface area contributed by atoms with Crippen molar-refractivity contribution < 1.29 is 14.5 Å². The second-order valence-electron chi connectivity index (χ2n) is 5.54. The zero-order valence-electron chi connectivity index (χ0n) is 13.2. The quantitative estimate of drug-likeness (QED) is 0.643. The lowest BCUT2D eigenvalue weighted by Crippen LogP contribution is -2.42. The highest BCUT2D eigenvalue weighted by molar-refractivity contribution is 7.12. The van der Waals surface area contributed by atoms with Crippen LogP contribution in [0.2, 0.25) is 0 Å². The van der Waals surface area contributed by atoms with Gasteiger partial charge in [0.15, 0.2) is 0 Å². The van der Waals surface area contributed by atoms with Gasteiger partial charge in [0.05, 0.1) is 21.1 Å². The monoisotopic (exact) mass is 360 g/mol. The fourth-order valence-corrected chi connectivity index (χ4v) is 3.32. The molecule has 9 heteroatoms. The summed E-state index contributed by atoms with van der Waals surface area (Å²) in [5.41, 5.74) is 5.30. The first-order chi connectivity index (χ1) is 12.1. The Bertz CT molecular complexity index is 800. The van der Waals surface area contributed by atoms with Gasteiger partial charge in [-0.15, -0.1) is 11.3 Å². The summed E-state index contributed by atoms with van der Waals surface area (Å²) in [5.74, 6) is -1.02. The van der Waals surface area contributed by atoms with Crippen LogP contribution < -0.4 is 15.8 Å². The number of thiophene rings is 1. The van der Waals surface area contributed by atoms with Gasteiger partial charge in [-0.3, -0.25) is 30.6 Å². The number of rotatable bonds is 4. The largest absolute Gasteiger partial charge is 0.371 e. The van der Waals surface area contributed by atoms with Crippen molar-refractivity contribution in [3.8, 4) is 0 Å². The van der Waals surface area contributed by atoms with E-state index in [2.05, 4.69) is 10.9 Å². The van der Waals surface area contributed by atoms with E-state index in [1.165, 1.54) is 23.5 Å². The minimum Gasteiger partial charge on any atom is -0.371 e. The van der Waals surface area contributed by atoms with Crippen LogP contribution >= 0.6 is 11.3 Å². The number of nitrogens with zero attached hydrogens (tertiary/aromatic N) is 2. The molecule has 1 aromatic carbocycles. The molecule has 1 saturated heterocycles. The zero-order valence-corrected chi connectivity index (χ0v) is 14.0. The second kappa shape index (κ2) is 7.31. The summed E-state index contributed by atoms with van der Waals surface area (Å²) in [6, 6.07) is 7.57. The van der Waals surface area contributed by atoms with Crippen molar-refractivity contribution in [2.24, 2.45) is 0 Å². The van der Waals surface area contributed by atoms with E-state index in [4.69, 9.17) is 0 Å². The number of non-ortho nitro benzene ring substituents is 1.